The van der Waals surface area contributed by atoms with Gasteiger partial charge in [0, 0.05) is 11.1 Å². The molecule has 0 radical (unpaired) electrons. The van der Waals surface area contributed by atoms with Gasteiger partial charge in [-0.15, -0.1) is 0 Å². The van der Waals surface area contributed by atoms with Crippen LogP contribution < -0.4 is 19.5 Å². The van der Waals surface area contributed by atoms with Gasteiger partial charge < -0.3 is 14.2 Å². The van der Waals surface area contributed by atoms with Crippen LogP contribution in [0.1, 0.15) is 5.56 Å². The van der Waals surface area contributed by atoms with Gasteiger partial charge in [-0.1, -0.05) is 23.2 Å². The van der Waals surface area contributed by atoms with Crippen molar-refractivity contribution in [1.82, 2.24) is 0 Å². The molecular weight excluding hydrogens is 341 g/mol. The molecule has 0 aliphatic carbocycles. The van der Waals surface area contributed by atoms with E-state index in [9.17, 15) is 4.79 Å². The van der Waals surface area contributed by atoms with Gasteiger partial charge in [-0.25, -0.2) is 4.79 Å². The molecule has 2 aromatic rings. The smallest absolute Gasteiger partial charge is 0.417 e. The minimum absolute atomic E-state index is 0.246. The van der Waals surface area contributed by atoms with Crippen LogP contribution in [0.5, 0.6) is 17.2 Å². The van der Waals surface area contributed by atoms with Crippen LogP contribution in [0.2, 0.25) is 10.0 Å². The topological polar surface area (TPSA) is 56.8 Å². The van der Waals surface area contributed by atoms with E-state index in [4.69, 9.17) is 37.4 Å². The van der Waals surface area contributed by atoms with Crippen LogP contribution in [0, 0.1) is 6.92 Å². The Bertz CT molecular complexity index is 711. The minimum atomic E-state index is -0.705. The number of hydrogen-bond donors (Lipinski definition) is 1. The van der Waals surface area contributed by atoms with Gasteiger partial charge in [-0.3, -0.25) is 5.32 Å². The lowest BCUT2D eigenvalue weighted by molar-refractivity contribution is 0.214. The van der Waals surface area contributed by atoms with Crippen LogP contribution in [-0.2, 0) is 0 Å². The standard InChI is InChI=1S/C16H15Cl2NO4/c1-9-6-10(17)7-12(18)15(9)23-16(20)19-13-8-11(21-2)4-5-14(13)22-3/h4-8H,1-3H3,(H,19,20). The molecule has 0 saturated heterocycles. The minimum Gasteiger partial charge on any atom is -0.497 e. The van der Waals surface area contributed by atoms with E-state index in [1.165, 1.54) is 20.3 Å². The van der Waals surface area contributed by atoms with Gasteiger partial charge >= 0.3 is 6.09 Å². The van der Waals surface area contributed by atoms with Crippen molar-refractivity contribution in [2.75, 3.05) is 19.5 Å². The highest BCUT2D eigenvalue weighted by atomic mass is 35.5. The summed E-state index contributed by atoms with van der Waals surface area (Å²) in [5.41, 5.74) is 1.06. The number of aryl methyl sites for hydroxylation is 1. The van der Waals surface area contributed by atoms with E-state index in [-0.39, 0.29) is 10.8 Å². The summed E-state index contributed by atoms with van der Waals surface area (Å²) >= 11 is 11.9. The first-order valence-electron chi connectivity index (χ1n) is 6.61. The quantitative estimate of drug-likeness (QED) is 0.844. The predicted octanol–water partition coefficient (Wildman–Crippen LogP) is 4.93. The van der Waals surface area contributed by atoms with Gasteiger partial charge in [0.25, 0.3) is 0 Å². The van der Waals surface area contributed by atoms with Crippen LogP contribution in [-0.4, -0.2) is 20.3 Å². The SMILES string of the molecule is COc1ccc(OC)c(NC(=O)Oc2c(C)cc(Cl)cc2Cl)c1. The third kappa shape index (κ3) is 4.21. The van der Waals surface area contributed by atoms with Crippen LogP contribution in [0.3, 0.4) is 0 Å². The number of hydrogen-bond acceptors (Lipinski definition) is 4. The molecule has 0 heterocycles. The van der Waals surface area contributed by atoms with Crippen LogP contribution >= 0.6 is 23.2 Å². The Labute approximate surface area is 144 Å². The lowest BCUT2D eigenvalue weighted by atomic mass is 10.2. The number of amides is 1. The van der Waals surface area contributed by atoms with E-state index in [0.29, 0.717) is 27.8 Å². The highest BCUT2D eigenvalue weighted by Gasteiger charge is 2.15. The van der Waals surface area contributed by atoms with E-state index in [0.717, 1.165) is 0 Å². The summed E-state index contributed by atoms with van der Waals surface area (Å²) in [6, 6.07) is 8.17. The first-order chi connectivity index (χ1) is 10.9. The molecule has 0 fully saturated rings. The number of rotatable bonds is 4. The van der Waals surface area contributed by atoms with Gasteiger partial charge in [-0.05, 0) is 36.8 Å². The number of carbonyl (C=O) groups excluding carboxylic acids is 1. The second-order valence-electron chi connectivity index (χ2n) is 4.61. The van der Waals surface area contributed by atoms with E-state index >= 15 is 0 Å². The fourth-order valence-electron chi connectivity index (χ4n) is 1.96. The average molecular weight is 356 g/mol. The highest BCUT2D eigenvalue weighted by Crippen LogP contribution is 2.33. The fourth-order valence-corrected chi connectivity index (χ4v) is 2.59. The van der Waals surface area contributed by atoms with E-state index < -0.39 is 6.09 Å². The van der Waals surface area contributed by atoms with Crippen molar-refractivity contribution in [3.8, 4) is 17.2 Å². The van der Waals surface area contributed by atoms with Crippen molar-refractivity contribution < 1.29 is 19.0 Å². The first-order valence-corrected chi connectivity index (χ1v) is 7.36. The maximum absolute atomic E-state index is 12.1. The zero-order valence-electron chi connectivity index (χ0n) is 12.8. The maximum Gasteiger partial charge on any atom is 0.417 e. The molecule has 0 aliphatic rings. The number of anilines is 1. The molecule has 1 amide bonds. The third-order valence-electron chi connectivity index (χ3n) is 3.03. The second kappa shape index (κ2) is 7.44. The van der Waals surface area contributed by atoms with Crippen LogP contribution in [0.25, 0.3) is 0 Å². The maximum atomic E-state index is 12.1. The van der Waals surface area contributed by atoms with E-state index in [1.807, 2.05) is 0 Å². The summed E-state index contributed by atoms with van der Waals surface area (Å²) in [6.07, 6.45) is -0.705. The fraction of sp³-hybridized carbons (Fsp3) is 0.188. The lowest BCUT2D eigenvalue weighted by Gasteiger charge is -2.13. The average Bonchev–Trinajstić information content (AvgIpc) is 2.50. The summed E-state index contributed by atoms with van der Waals surface area (Å²) < 4.78 is 15.6. The van der Waals surface area contributed by atoms with Crippen molar-refractivity contribution in [3.05, 3.63) is 45.9 Å². The molecule has 0 saturated carbocycles. The largest absolute Gasteiger partial charge is 0.497 e. The molecule has 122 valence electrons. The third-order valence-corrected chi connectivity index (χ3v) is 3.53. The van der Waals surface area contributed by atoms with Gasteiger partial charge in [0.15, 0.2) is 5.75 Å². The number of methoxy groups -OCH3 is 2. The number of nitrogens with one attached hydrogen (secondary N) is 1. The first kappa shape index (κ1) is 17.2. The lowest BCUT2D eigenvalue weighted by Crippen LogP contribution is -2.18. The van der Waals surface area contributed by atoms with E-state index in [1.54, 1.807) is 31.2 Å². The zero-order valence-corrected chi connectivity index (χ0v) is 14.3. The summed E-state index contributed by atoms with van der Waals surface area (Å²) in [7, 11) is 3.03. The predicted molar refractivity (Wildman–Crippen MR) is 90.4 cm³/mol. The van der Waals surface area contributed by atoms with Crippen molar-refractivity contribution in [2.24, 2.45) is 0 Å². The number of benzene rings is 2. The molecule has 0 bridgehead atoms. The van der Waals surface area contributed by atoms with E-state index in [2.05, 4.69) is 5.32 Å². The highest BCUT2D eigenvalue weighted by molar-refractivity contribution is 6.35. The molecule has 0 atom stereocenters. The summed E-state index contributed by atoms with van der Waals surface area (Å²) in [4.78, 5) is 12.1. The normalized spacial score (nSPS) is 10.1. The van der Waals surface area contributed by atoms with Gasteiger partial charge in [-0.2, -0.15) is 0 Å². The molecule has 5 nitrogen and oxygen atoms in total. The summed E-state index contributed by atoms with van der Waals surface area (Å²) in [6.45, 7) is 1.74. The molecule has 2 aromatic carbocycles. The molecule has 0 spiro atoms. The Morgan fingerprint density at radius 2 is 1.83 bits per heavy atom. The second-order valence-corrected chi connectivity index (χ2v) is 5.46. The Hall–Kier alpha value is -2.11. The van der Waals surface area contributed by atoms with Crippen molar-refractivity contribution in [1.29, 1.82) is 0 Å². The number of halogens is 2. The van der Waals surface area contributed by atoms with Gasteiger partial charge in [0.05, 0.1) is 24.9 Å². The molecule has 0 unspecified atom stereocenters. The van der Waals surface area contributed by atoms with Gasteiger partial charge in [0.2, 0.25) is 0 Å². The molecule has 1 N–H and O–H groups in total. The van der Waals surface area contributed by atoms with Gasteiger partial charge in [0.1, 0.15) is 11.5 Å². The Morgan fingerprint density at radius 1 is 1.09 bits per heavy atom. The van der Waals surface area contributed by atoms with Crippen LogP contribution in [0.4, 0.5) is 10.5 Å². The number of carbonyl (C=O) groups is 1. The summed E-state index contributed by atoms with van der Waals surface area (Å²) in [5, 5.41) is 3.32. The van der Waals surface area contributed by atoms with Crippen LogP contribution in [0.15, 0.2) is 30.3 Å². The molecule has 2 rings (SSSR count). The van der Waals surface area contributed by atoms with Crippen molar-refractivity contribution in [2.45, 2.75) is 6.92 Å². The molecule has 0 aromatic heterocycles. The number of ether oxygens (including phenoxy) is 3. The van der Waals surface area contributed by atoms with Crippen molar-refractivity contribution >= 4 is 35.0 Å². The Kier molecular flexibility index (Phi) is 5.58. The Morgan fingerprint density at radius 3 is 2.43 bits per heavy atom. The summed E-state index contributed by atoms with van der Waals surface area (Å²) in [5.74, 6) is 1.29. The molecular formula is C16H15Cl2NO4. The Balaban J connectivity index is 2.20. The zero-order chi connectivity index (χ0) is 17.0. The van der Waals surface area contributed by atoms with Crippen molar-refractivity contribution in [3.63, 3.8) is 0 Å². The monoisotopic (exact) mass is 355 g/mol. The molecule has 23 heavy (non-hydrogen) atoms. The molecule has 0 aliphatic heterocycles. The molecule has 7 heteroatoms.